The number of carbonyl (C=O) groups is 2. The number of amides is 1. The van der Waals surface area contributed by atoms with Gasteiger partial charge < -0.3 is 0 Å². The number of anilines is 1. The monoisotopic (exact) mass is 408 g/mol. The fourth-order valence-corrected chi connectivity index (χ4v) is 3.68. The van der Waals surface area contributed by atoms with E-state index < -0.39 is 0 Å². The summed E-state index contributed by atoms with van der Waals surface area (Å²) in [7, 11) is 0. The van der Waals surface area contributed by atoms with E-state index in [0.717, 1.165) is 16.8 Å². The standard InChI is InChI=1S/C21H17FN4O2S/c1-13-2-4-15(5-3-13)18(27)10-11-19(28)23-20-24-21-26(25-20)17(12-29-21)14-6-8-16(22)9-7-14/h2-9,12H,10-11H2,1H3,(H,23,25,28). The Balaban J connectivity index is 1.41. The van der Waals surface area contributed by atoms with Crippen LogP contribution in [-0.2, 0) is 4.79 Å². The van der Waals surface area contributed by atoms with Gasteiger partial charge in [0.15, 0.2) is 5.78 Å². The second-order valence-corrected chi connectivity index (χ2v) is 7.43. The molecule has 0 radical (unpaired) electrons. The van der Waals surface area contributed by atoms with Crippen molar-refractivity contribution < 1.29 is 14.0 Å². The third-order valence-electron chi connectivity index (χ3n) is 4.43. The van der Waals surface area contributed by atoms with Crippen molar-refractivity contribution in [3.8, 4) is 11.3 Å². The van der Waals surface area contributed by atoms with E-state index in [0.29, 0.717) is 10.5 Å². The van der Waals surface area contributed by atoms with E-state index in [1.807, 2.05) is 24.4 Å². The van der Waals surface area contributed by atoms with E-state index in [9.17, 15) is 14.0 Å². The molecule has 2 heterocycles. The number of fused-ring (bicyclic) bond motifs is 1. The predicted molar refractivity (Wildman–Crippen MR) is 110 cm³/mol. The third kappa shape index (κ3) is 4.22. The first-order valence-corrected chi connectivity index (χ1v) is 9.87. The van der Waals surface area contributed by atoms with Gasteiger partial charge in [-0.1, -0.05) is 29.8 Å². The zero-order valence-electron chi connectivity index (χ0n) is 15.6. The Kier molecular flexibility index (Phi) is 5.18. The van der Waals surface area contributed by atoms with Gasteiger partial charge in [-0.25, -0.2) is 8.91 Å². The van der Waals surface area contributed by atoms with E-state index >= 15 is 0 Å². The first kappa shape index (κ1) is 18.9. The first-order valence-electron chi connectivity index (χ1n) is 8.99. The van der Waals surface area contributed by atoms with Crippen LogP contribution in [0.3, 0.4) is 0 Å². The zero-order chi connectivity index (χ0) is 20.4. The molecule has 0 bridgehead atoms. The van der Waals surface area contributed by atoms with E-state index in [2.05, 4.69) is 15.4 Å². The third-order valence-corrected chi connectivity index (χ3v) is 5.24. The predicted octanol–water partition coefficient (Wildman–Crippen LogP) is 4.51. The van der Waals surface area contributed by atoms with Crippen molar-refractivity contribution in [2.45, 2.75) is 19.8 Å². The highest BCUT2D eigenvalue weighted by Gasteiger charge is 2.15. The number of rotatable bonds is 6. The average Bonchev–Trinajstić information content (AvgIpc) is 3.27. The lowest BCUT2D eigenvalue weighted by Gasteiger charge is -2.02. The maximum Gasteiger partial charge on any atom is 0.250 e. The van der Waals surface area contributed by atoms with Crippen LogP contribution in [0.5, 0.6) is 0 Å². The molecule has 0 saturated carbocycles. The number of aryl methyl sites for hydroxylation is 1. The lowest BCUT2D eigenvalue weighted by molar-refractivity contribution is -0.116. The number of halogens is 1. The molecule has 1 amide bonds. The SMILES string of the molecule is Cc1ccc(C(=O)CCC(=O)Nc2nc3scc(-c4ccc(F)cc4)n3n2)cc1. The van der Waals surface area contributed by atoms with Crippen LogP contribution in [0.15, 0.2) is 53.9 Å². The molecular formula is C21H17FN4O2S. The molecule has 0 fully saturated rings. The Hall–Kier alpha value is -3.39. The molecule has 29 heavy (non-hydrogen) atoms. The fraction of sp³-hybridized carbons (Fsp3) is 0.143. The van der Waals surface area contributed by atoms with Gasteiger partial charge in [0.25, 0.3) is 0 Å². The highest BCUT2D eigenvalue weighted by atomic mass is 32.1. The van der Waals surface area contributed by atoms with E-state index in [-0.39, 0.29) is 36.3 Å². The molecule has 2 aromatic carbocycles. The molecule has 4 aromatic rings. The molecule has 0 saturated heterocycles. The van der Waals surface area contributed by atoms with E-state index in [4.69, 9.17) is 0 Å². The summed E-state index contributed by atoms with van der Waals surface area (Å²) >= 11 is 1.37. The van der Waals surface area contributed by atoms with Crippen LogP contribution in [0.2, 0.25) is 0 Å². The molecule has 4 rings (SSSR count). The normalized spacial score (nSPS) is 11.0. The van der Waals surface area contributed by atoms with Crippen molar-refractivity contribution in [1.82, 2.24) is 14.6 Å². The van der Waals surface area contributed by atoms with Crippen molar-refractivity contribution in [1.29, 1.82) is 0 Å². The number of nitrogens with one attached hydrogen (secondary N) is 1. The van der Waals surface area contributed by atoms with Crippen LogP contribution >= 0.6 is 11.3 Å². The molecule has 0 aliphatic rings. The number of Topliss-reactive ketones (excluding diaryl/α,β-unsaturated/α-hetero) is 1. The van der Waals surface area contributed by atoms with Crippen molar-refractivity contribution in [2.24, 2.45) is 0 Å². The summed E-state index contributed by atoms with van der Waals surface area (Å²) in [6.45, 7) is 1.95. The molecule has 8 heteroatoms. The number of carbonyl (C=O) groups excluding carboxylic acids is 2. The van der Waals surface area contributed by atoms with E-state index in [1.165, 1.54) is 23.5 Å². The lowest BCUT2D eigenvalue weighted by atomic mass is 10.1. The molecule has 146 valence electrons. The molecule has 0 aliphatic carbocycles. The molecule has 1 N–H and O–H groups in total. The van der Waals surface area contributed by atoms with Gasteiger partial charge >= 0.3 is 0 Å². The van der Waals surface area contributed by atoms with Gasteiger partial charge in [0.05, 0.1) is 5.69 Å². The number of thiazole rings is 1. The molecule has 0 atom stereocenters. The highest BCUT2D eigenvalue weighted by Crippen LogP contribution is 2.26. The van der Waals surface area contributed by atoms with Crippen LogP contribution in [-0.4, -0.2) is 26.3 Å². The minimum atomic E-state index is -0.327. The van der Waals surface area contributed by atoms with Gasteiger partial charge in [0.1, 0.15) is 5.82 Å². The van der Waals surface area contributed by atoms with Crippen LogP contribution in [0, 0.1) is 12.7 Å². The number of aromatic nitrogens is 3. The maximum absolute atomic E-state index is 13.1. The van der Waals surface area contributed by atoms with Crippen LogP contribution in [0.1, 0.15) is 28.8 Å². The molecule has 0 spiro atoms. The first-order chi connectivity index (χ1) is 14.0. The summed E-state index contributed by atoms with van der Waals surface area (Å²) in [5, 5.41) is 8.81. The largest absolute Gasteiger partial charge is 0.294 e. The smallest absolute Gasteiger partial charge is 0.250 e. The van der Waals surface area contributed by atoms with Crippen molar-refractivity contribution >= 4 is 33.9 Å². The second kappa shape index (κ2) is 7.92. The van der Waals surface area contributed by atoms with Crippen LogP contribution in [0.4, 0.5) is 10.3 Å². The van der Waals surface area contributed by atoms with Crippen LogP contribution in [0.25, 0.3) is 16.2 Å². The van der Waals surface area contributed by atoms with Gasteiger partial charge in [0, 0.05) is 29.3 Å². The summed E-state index contributed by atoms with van der Waals surface area (Å²) in [5.41, 5.74) is 3.22. The number of hydrogen-bond acceptors (Lipinski definition) is 5. The van der Waals surface area contributed by atoms with Gasteiger partial charge in [-0.15, -0.1) is 16.4 Å². The Labute approximate surface area is 170 Å². The van der Waals surface area contributed by atoms with Crippen LogP contribution < -0.4 is 5.32 Å². The van der Waals surface area contributed by atoms with Crippen molar-refractivity contribution in [2.75, 3.05) is 5.32 Å². The zero-order valence-corrected chi connectivity index (χ0v) is 16.4. The van der Waals surface area contributed by atoms with Gasteiger partial charge in [0.2, 0.25) is 16.8 Å². The van der Waals surface area contributed by atoms with Gasteiger partial charge in [-0.3, -0.25) is 14.9 Å². The Morgan fingerprint density at radius 1 is 1.07 bits per heavy atom. The summed E-state index contributed by atoms with van der Waals surface area (Å²) in [6, 6.07) is 13.3. The number of benzene rings is 2. The van der Waals surface area contributed by atoms with Crippen molar-refractivity contribution in [3.05, 3.63) is 70.9 Å². The molecule has 2 aromatic heterocycles. The quantitative estimate of drug-likeness (QED) is 0.477. The minimum absolute atomic E-state index is 0.0460. The number of ketones is 1. The lowest BCUT2D eigenvalue weighted by Crippen LogP contribution is -2.14. The Morgan fingerprint density at radius 2 is 1.79 bits per heavy atom. The number of nitrogens with zero attached hydrogens (tertiary/aromatic N) is 3. The second-order valence-electron chi connectivity index (χ2n) is 6.60. The average molecular weight is 408 g/mol. The summed E-state index contributed by atoms with van der Waals surface area (Å²) in [6.07, 6.45) is 0.155. The van der Waals surface area contributed by atoms with Gasteiger partial charge in [-0.2, -0.15) is 4.98 Å². The molecule has 0 unspecified atom stereocenters. The summed E-state index contributed by atoms with van der Waals surface area (Å²) in [5.74, 6) is -0.551. The summed E-state index contributed by atoms with van der Waals surface area (Å²) in [4.78, 5) is 29.3. The molecule has 6 nitrogen and oxygen atoms in total. The topological polar surface area (TPSA) is 76.4 Å². The van der Waals surface area contributed by atoms with Gasteiger partial charge in [-0.05, 0) is 31.2 Å². The fourth-order valence-electron chi connectivity index (χ4n) is 2.85. The Morgan fingerprint density at radius 3 is 2.52 bits per heavy atom. The summed E-state index contributed by atoms with van der Waals surface area (Å²) < 4.78 is 14.7. The van der Waals surface area contributed by atoms with Crippen molar-refractivity contribution in [3.63, 3.8) is 0 Å². The minimum Gasteiger partial charge on any atom is -0.294 e. The highest BCUT2D eigenvalue weighted by molar-refractivity contribution is 7.15. The Bertz CT molecular complexity index is 1180. The van der Waals surface area contributed by atoms with E-state index in [1.54, 1.807) is 28.8 Å². The number of hydrogen-bond donors (Lipinski definition) is 1. The molecular weight excluding hydrogens is 391 g/mol. The maximum atomic E-state index is 13.1. The molecule has 0 aliphatic heterocycles.